The van der Waals surface area contributed by atoms with E-state index in [1.807, 2.05) is 0 Å². The lowest BCUT2D eigenvalue weighted by atomic mass is 9.95. The molecule has 0 radical (unpaired) electrons. The minimum absolute atomic E-state index is 0.140. The van der Waals surface area contributed by atoms with Crippen LogP contribution in [0.1, 0.15) is 36.3 Å². The number of benzene rings is 1. The standard InChI is InChI=1S/C19H19FN4O2/c20-14-4-1-5-15-16(14)23-18(22-15)12-6-9-24(10-7-12)19(26)17(25)13-3-2-8-21-11-13/h1-5,8,11-12,17,25H,6-7,9-10H2,(H,22,23). The second kappa shape index (κ2) is 6.84. The quantitative estimate of drug-likeness (QED) is 0.757. The number of hydrogen-bond acceptors (Lipinski definition) is 4. The number of H-pyrrole nitrogens is 1. The number of rotatable bonds is 3. The van der Waals surface area contributed by atoms with Crippen molar-refractivity contribution in [3.63, 3.8) is 0 Å². The van der Waals surface area contributed by atoms with E-state index in [2.05, 4.69) is 15.0 Å². The molecule has 1 unspecified atom stereocenters. The predicted octanol–water partition coefficient (Wildman–Crippen LogP) is 2.54. The number of amides is 1. The molecule has 1 aliphatic rings. The fourth-order valence-corrected chi connectivity index (χ4v) is 3.44. The van der Waals surface area contributed by atoms with Gasteiger partial charge in [-0.05, 0) is 31.0 Å². The summed E-state index contributed by atoms with van der Waals surface area (Å²) in [5.74, 6) is 0.246. The lowest BCUT2D eigenvalue weighted by molar-refractivity contribution is -0.141. The largest absolute Gasteiger partial charge is 0.378 e. The summed E-state index contributed by atoms with van der Waals surface area (Å²) in [4.78, 5) is 25.7. The SMILES string of the molecule is O=C(C(O)c1cccnc1)N1CCC(c2nc3c(F)cccc3[nH]2)CC1. The van der Waals surface area contributed by atoms with E-state index in [1.54, 1.807) is 35.4 Å². The number of likely N-dealkylation sites (tertiary alicyclic amines) is 1. The van der Waals surface area contributed by atoms with Crippen LogP contribution in [0.25, 0.3) is 11.0 Å². The molecule has 1 atom stereocenters. The molecule has 0 bridgehead atoms. The predicted molar refractivity (Wildman–Crippen MR) is 93.8 cm³/mol. The number of nitrogens with zero attached hydrogens (tertiary/aromatic N) is 3. The van der Waals surface area contributed by atoms with E-state index >= 15 is 0 Å². The number of aromatic amines is 1. The molecule has 3 heterocycles. The van der Waals surface area contributed by atoms with Crippen LogP contribution < -0.4 is 0 Å². The van der Waals surface area contributed by atoms with Gasteiger partial charge in [0, 0.05) is 37.0 Å². The smallest absolute Gasteiger partial charge is 0.256 e. The number of halogens is 1. The highest BCUT2D eigenvalue weighted by atomic mass is 19.1. The third-order valence-electron chi connectivity index (χ3n) is 4.91. The topological polar surface area (TPSA) is 82.1 Å². The van der Waals surface area contributed by atoms with E-state index < -0.39 is 6.10 Å². The van der Waals surface area contributed by atoms with Gasteiger partial charge < -0.3 is 15.0 Å². The molecule has 134 valence electrons. The maximum Gasteiger partial charge on any atom is 0.256 e. The summed E-state index contributed by atoms with van der Waals surface area (Å²) in [5, 5.41) is 10.3. The number of aromatic nitrogens is 3. The van der Waals surface area contributed by atoms with Crippen molar-refractivity contribution in [1.82, 2.24) is 19.9 Å². The van der Waals surface area contributed by atoms with Gasteiger partial charge in [0.2, 0.25) is 0 Å². The van der Waals surface area contributed by atoms with E-state index in [0.717, 1.165) is 5.82 Å². The van der Waals surface area contributed by atoms with E-state index in [0.29, 0.717) is 42.5 Å². The summed E-state index contributed by atoms with van der Waals surface area (Å²) in [6.07, 6.45) is 3.33. The number of para-hydroxylation sites is 1. The van der Waals surface area contributed by atoms with E-state index in [4.69, 9.17) is 0 Å². The lowest BCUT2D eigenvalue weighted by Crippen LogP contribution is -2.40. The number of hydrogen-bond donors (Lipinski definition) is 2. The Bertz CT molecular complexity index is 920. The van der Waals surface area contributed by atoms with Gasteiger partial charge in [-0.3, -0.25) is 9.78 Å². The number of carbonyl (C=O) groups is 1. The summed E-state index contributed by atoms with van der Waals surface area (Å²) in [5.41, 5.74) is 1.53. The first kappa shape index (κ1) is 16.7. The summed E-state index contributed by atoms with van der Waals surface area (Å²) in [7, 11) is 0. The number of carbonyl (C=O) groups excluding carboxylic acids is 1. The van der Waals surface area contributed by atoms with Gasteiger partial charge >= 0.3 is 0 Å². The second-order valence-electron chi connectivity index (χ2n) is 6.55. The number of aliphatic hydroxyl groups is 1. The molecule has 0 aliphatic carbocycles. The summed E-state index contributed by atoms with van der Waals surface area (Å²) < 4.78 is 13.8. The van der Waals surface area contributed by atoms with Crippen molar-refractivity contribution in [2.75, 3.05) is 13.1 Å². The second-order valence-corrected chi connectivity index (χ2v) is 6.55. The van der Waals surface area contributed by atoms with Crippen molar-refractivity contribution in [2.24, 2.45) is 0 Å². The molecule has 26 heavy (non-hydrogen) atoms. The summed E-state index contributed by atoms with van der Waals surface area (Å²) in [6.45, 7) is 1.06. The fraction of sp³-hybridized carbons (Fsp3) is 0.316. The third kappa shape index (κ3) is 3.06. The first-order valence-electron chi connectivity index (χ1n) is 8.64. The monoisotopic (exact) mass is 354 g/mol. The zero-order chi connectivity index (χ0) is 18.1. The molecule has 1 aromatic carbocycles. The van der Waals surface area contributed by atoms with Crippen molar-refractivity contribution in [1.29, 1.82) is 0 Å². The highest BCUT2D eigenvalue weighted by molar-refractivity contribution is 5.82. The first-order chi connectivity index (χ1) is 12.6. The lowest BCUT2D eigenvalue weighted by Gasteiger charge is -2.32. The van der Waals surface area contributed by atoms with Crippen LogP contribution in [0.15, 0.2) is 42.7 Å². The van der Waals surface area contributed by atoms with Crippen molar-refractivity contribution >= 4 is 16.9 Å². The van der Waals surface area contributed by atoms with Crippen molar-refractivity contribution in [3.8, 4) is 0 Å². The molecular weight excluding hydrogens is 335 g/mol. The van der Waals surface area contributed by atoms with Gasteiger partial charge in [0.25, 0.3) is 5.91 Å². The molecule has 3 aromatic rings. The van der Waals surface area contributed by atoms with Gasteiger partial charge in [-0.1, -0.05) is 12.1 Å². The summed E-state index contributed by atoms with van der Waals surface area (Å²) in [6, 6.07) is 8.23. The van der Waals surface area contributed by atoms with Crippen LogP contribution in [0.2, 0.25) is 0 Å². The Morgan fingerprint density at radius 3 is 2.77 bits per heavy atom. The number of imidazole rings is 1. The Morgan fingerprint density at radius 1 is 1.27 bits per heavy atom. The Hall–Kier alpha value is -2.80. The van der Waals surface area contributed by atoms with Crippen molar-refractivity contribution < 1.29 is 14.3 Å². The van der Waals surface area contributed by atoms with Crippen LogP contribution in [0.3, 0.4) is 0 Å². The van der Waals surface area contributed by atoms with Crippen LogP contribution in [0.4, 0.5) is 4.39 Å². The number of aliphatic hydroxyl groups excluding tert-OH is 1. The van der Waals surface area contributed by atoms with Crippen LogP contribution in [0.5, 0.6) is 0 Å². The minimum Gasteiger partial charge on any atom is -0.378 e. The molecule has 6 nitrogen and oxygen atoms in total. The highest BCUT2D eigenvalue weighted by Crippen LogP contribution is 2.29. The molecule has 1 saturated heterocycles. The zero-order valence-electron chi connectivity index (χ0n) is 14.1. The van der Waals surface area contributed by atoms with E-state index in [9.17, 15) is 14.3 Å². The van der Waals surface area contributed by atoms with Gasteiger partial charge in [-0.25, -0.2) is 9.37 Å². The zero-order valence-corrected chi connectivity index (χ0v) is 14.1. The Balaban J connectivity index is 1.43. The maximum absolute atomic E-state index is 13.8. The molecule has 2 aromatic heterocycles. The van der Waals surface area contributed by atoms with E-state index in [1.165, 1.54) is 12.3 Å². The highest BCUT2D eigenvalue weighted by Gasteiger charge is 2.29. The molecule has 0 saturated carbocycles. The molecule has 4 rings (SSSR count). The van der Waals surface area contributed by atoms with Crippen molar-refractivity contribution in [3.05, 3.63) is 59.9 Å². The first-order valence-corrected chi connectivity index (χ1v) is 8.64. The fourth-order valence-electron chi connectivity index (χ4n) is 3.44. The van der Waals surface area contributed by atoms with Gasteiger partial charge in [-0.2, -0.15) is 0 Å². The number of fused-ring (bicyclic) bond motifs is 1. The molecule has 2 N–H and O–H groups in total. The number of piperidine rings is 1. The summed E-state index contributed by atoms with van der Waals surface area (Å²) >= 11 is 0. The Morgan fingerprint density at radius 2 is 2.08 bits per heavy atom. The van der Waals surface area contributed by atoms with Gasteiger partial charge in [-0.15, -0.1) is 0 Å². The van der Waals surface area contributed by atoms with Gasteiger partial charge in [0.1, 0.15) is 11.3 Å². The van der Waals surface area contributed by atoms with Crippen LogP contribution >= 0.6 is 0 Å². The molecule has 1 aliphatic heterocycles. The molecule has 0 spiro atoms. The third-order valence-corrected chi connectivity index (χ3v) is 4.91. The minimum atomic E-state index is -1.19. The van der Waals surface area contributed by atoms with Gasteiger partial charge in [0.15, 0.2) is 11.9 Å². The van der Waals surface area contributed by atoms with E-state index in [-0.39, 0.29) is 17.6 Å². The number of nitrogens with one attached hydrogen (secondary N) is 1. The van der Waals surface area contributed by atoms with Gasteiger partial charge in [0.05, 0.1) is 5.52 Å². The van der Waals surface area contributed by atoms with Crippen molar-refractivity contribution in [2.45, 2.75) is 24.9 Å². The molecule has 1 amide bonds. The normalized spacial score (nSPS) is 16.8. The average Bonchev–Trinajstić information content (AvgIpc) is 3.13. The number of pyridine rings is 1. The maximum atomic E-state index is 13.8. The molecule has 1 fully saturated rings. The Kier molecular flexibility index (Phi) is 4.38. The Labute approximate surface area is 149 Å². The van der Waals surface area contributed by atoms with Crippen LogP contribution in [-0.4, -0.2) is 44.0 Å². The average molecular weight is 354 g/mol. The van der Waals surface area contributed by atoms with Crippen LogP contribution in [0, 0.1) is 5.82 Å². The van der Waals surface area contributed by atoms with Crippen LogP contribution in [-0.2, 0) is 4.79 Å². The molecule has 7 heteroatoms. The molecular formula is C19H19FN4O2.